The van der Waals surface area contributed by atoms with Gasteiger partial charge in [0.1, 0.15) is 0 Å². The molecule has 6 heteroatoms. The van der Waals surface area contributed by atoms with Crippen molar-refractivity contribution >= 4 is 17.3 Å². The Morgan fingerprint density at radius 2 is 2.05 bits per heavy atom. The molecule has 1 N–H and O–H groups in total. The van der Waals surface area contributed by atoms with Crippen molar-refractivity contribution in [1.82, 2.24) is 4.98 Å². The molecule has 108 valence electrons. The maximum Gasteiger partial charge on any atom is 0.171 e. The Bertz CT molecular complexity index is 695. The quantitative estimate of drug-likeness (QED) is 0.936. The van der Waals surface area contributed by atoms with E-state index in [1.54, 1.807) is 38.2 Å². The summed E-state index contributed by atoms with van der Waals surface area (Å²) in [5.74, 6) is -1.52. The Labute approximate surface area is 121 Å². The number of aromatic nitrogens is 1. The summed E-state index contributed by atoms with van der Waals surface area (Å²) in [6.45, 7) is 2.27. The second-order valence-corrected chi connectivity index (χ2v) is 4.38. The first-order valence-electron chi connectivity index (χ1n) is 6.40. The van der Waals surface area contributed by atoms with E-state index in [-0.39, 0.29) is 11.6 Å². The first-order valence-corrected chi connectivity index (χ1v) is 6.40. The van der Waals surface area contributed by atoms with Crippen LogP contribution in [0.3, 0.4) is 0 Å². The number of rotatable bonds is 4. The van der Waals surface area contributed by atoms with Crippen molar-refractivity contribution in [2.75, 3.05) is 23.8 Å². The normalized spacial score (nSPS) is 10.0. The highest BCUT2D eigenvalue weighted by Gasteiger charge is 2.16. The van der Waals surface area contributed by atoms with Crippen LogP contribution >= 0.6 is 0 Å². The van der Waals surface area contributed by atoms with E-state index in [9.17, 15) is 8.78 Å². The Morgan fingerprint density at radius 3 is 2.71 bits per heavy atom. The molecule has 21 heavy (non-hydrogen) atoms. The molecule has 0 amide bonds. The molecule has 0 spiro atoms. The summed E-state index contributed by atoms with van der Waals surface area (Å²) in [5, 5.41) is 11.6. The highest BCUT2D eigenvalue weighted by molar-refractivity contribution is 5.63. The van der Waals surface area contributed by atoms with Gasteiger partial charge in [-0.15, -0.1) is 0 Å². The lowest BCUT2D eigenvalue weighted by Crippen LogP contribution is -2.15. The Balaban J connectivity index is 2.44. The maximum absolute atomic E-state index is 14.0. The van der Waals surface area contributed by atoms with Crippen molar-refractivity contribution < 1.29 is 8.78 Å². The fourth-order valence-electron chi connectivity index (χ4n) is 1.89. The zero-order valence-corrected chi connectivity index (χ0v) is 11.7. The van der Waals surface area contributed by atoms with Crippen LogP contribution in [0.2, 0.25) is 0 Å². The van der Waals surface area contributed by atoms with Gasteiger partial charge >= 0.3 is 0 Å². The number of nitrogens with zero attached hydrogens (tertiary/aromatic N) is 3. The molecule has 0 aliphatic rings. The van der Waals surface area contributed by atoms with Gasteiger partial charge in [-0.05, 0) is 25.1 Å². The molecule has 0 bridgehead atoms. The molecule has 1 heterocycles. The van der Waals surface area contributed by atoms with Crippen LogP contribution in [0.15, 0.2) is 30.3 Å². The van der Waals surface area contributed by atoms with E-state index in [1.165, 1.54) is 4.90 Å². The largest absolute Gasteiger partial charge is 0.368 e. The first kappa shape index (κ1) is 14.7. The van der Waals surface area contributed by atoms with Crippen LogP contribution in [-0.4, -0.2) is 18.6 Å². The van der Waals surface area contributed by atoms with Crippen LogP contribution < -0.4 is 10.2 Å². The molecule has 0 atom stereocenters. The minimum absolute atomic E-state index is 0.00260. The van der Waals surface area contributed by atoms with Gasteiger partial charge in [-0.25, -0.2) is 13.8 Å². The monoisotopic (exact) mass is 288 g/mol. The predicted molar refractivity (Wildman–Crippen MR) is 77.5 cm³/mol. The summed E-state index contributed by atoms with van der Waals surface area (Å²) in [4.78, 5) is 5.44. The zero-order valence-electron chi connectivity index (χ0n) is 11.7. The summed E-state index contributed by atoms with van der Waals surface area (Å²) in [7, 11) is 1.61. The third-order valence-electron chi connectivity index (χ3n) is 2.94. The standard InChI is InChI=1S/C15H14F2N4/c1-3-19-14-12(16)8-13(17)15(20-14)21(2)11-6-4-5-10(7-11)9-18/h4-8H,3H2,1-2H3,(H,19,20). The van der Waals surface area contributed by atoms with Crippen LogP contribution in [0, 0.1) is 23.0 Å². The van der Waals surface area contributed by atoms with Gasteiger partial charge in [0.25, 0.3) is 0 Å². The number of nitriles is 1. The number of anilines is 3. The highest BCUT2D eigenvalue weighted by Crippen LogP contribution is 2.27. The minimum atomic E-state index is -0.765. The number of halogens is 2. The number of hydrogen-bond donors (Lipinski definition) is 1. The zero-order chi connectivity index (χ0) is 15.4. The molecule has 0 unspecified atom stereocenters. The molecule has 1 aromatic heterocycles. The lowest BCUT2D eigenvalue weighted by atomic mass is 10.2. The van der Waals surface area contributed by atoms with E-state index in [1.807, 2.05) is 6.07 Å². The second-order valence-electron chi connectivity index (χ2n) is 4.38. The average molecular weight is 288 g/mol. The van der Waals surface area contributed by atoms with Crippen LogP contribution in [-0.2, 0) is 0 Å². The van der Waals surface area contributed by atoms with Crippen LogP contribution in [0.4, 0.5) is 26.1 Å². The van der Waals surface area contributed by atoms with Gasteiger partial charge in [-0.3, -0.25) is 0 Å². The fourth-order valence-corrected chi connectivity index (χ4v) is 1.89. The molecule has 2 rings (SSSR count). The second kappa shape index (κ2) is 6.18. The minimum Gasteiger partial charge on any atom is -0.368 e. The average Bonchev–Trinajstić information content (AvgIpc) is 2.49. The van der Waals surface area contributed by atoms with Gasteiger partial charge in [0.05, 0.1) is 11.6 Å². The summed E-state index contributed by atoms with van der Waals surface area (Å²) in [6, 6.07) is 9.48. The Morgan fingerprint density at radius 1 is 1.29 bits per heavy atom. The smallest absolute Gasteiger partial charge is 0.171 e. The van der Waals surface area contributed by atoms with E-state index in [2.05, 4.69) is 10.3 Å². The van der Waals surface area contributed by atoms with Crippen molar-refractivity contribution in [2.45, 2.75) is 6.92 Å². The molecule has 0 aliphatic heterocycles. The van der Waals surface area contributed by atoms with E-state index in [0.29, 0.717) is 17.8 Å². The first-order chi connectivity index (χ1) is 10.1. The van der Waals surface area contributed by atoms with Crippen LogP contribution in [0.25, 0.3) is 0 Å². The van der Waals surface area contributed by atoms with Gasteiger partial charge in [0.2, 0.25) is 0 Å². The highest BCUT2D eigenvalue weighted by atomic mass is 19.1. The molecule has 0 saturated carbocycles. The fraction of sp³-hybridized carbons (Fsp3) is 0.200. The van der Waals surface area contributed by atoms with Gasteiger partial charge in [-0.1, -0.05) is 6.07 Å². The van der Waals surface area contributed by atoms with Crippen molar-refractivity contribution in [3.63, 3.8) is 0 Å². The lowest BCUT2D eigenvalue weighted by molar-refractivity contribution is 0.576. The molecular weight excluding hydrogens is 274 g/mol. The molecule has 0 aliphatic carbocycles. The van der Waals surface area contributed by atoms with Gasteiger partial charge < -0.3 is 10.2 Å². The van der Waals surface area contributed by atoms with Crippen molar-refractivity contribution in [3.05, 3.63) is 47.5 Å². The molecular formula is C15H14F2N4. The molecule has 2 aromatic rings. The summed E-state index contributed by atoms with van der Waals surface area (Å²) in [5.41, 5.74) is 1.04. The summed E-state index contributed by atoms with van der Waals surface area (Å²) < 4.78 is 27.5. The van der Waals surface area contributed by atoms with Gasteiger partial charge in [0.15, 0.2) is 23.3 Å². The Kier molecular flexibility index (Phi) is 4.33. The van der Waals surface area contributed by atoms with E-state index >= 15 is 0 Å². The van der Waals surface area contributed by atoms with E-state index in [0.717, 1.165) is 6.07 Å². The summed E-state index contributed by atoms with van der Waals surface area (Å²) >= 11 is 0. The van der Waals surface area contributed by atoms with Crippen molar-refractivity contribution in [1.29, 1.82) is 5.26 Å². The SMILES string of the molecule is CCNc1nc(N(C)c2cccc(C#N)c2)c(F)cc1F. The lowest BCUT2D eigenvalue weighted by Gasteiger charge is -2.20. The van der Waals surface area contributed by atoms with Gasteiger partial charge in [0, 0.05) is 25.3 Å². The summed E-state index contributed by atoms with van der Waals surface area (Å²) in [6.07, 6.45) is 0. The van der Waals surface area contributed by atoms with Crippen molar-refractivity contribution in [3.8, 4) is 6.07 Å². The number of pyridine rings is 1. The third-order valence-corrected chi connectivity index (χ3v) is 2.94. The van der Waals surface area contributed by atoms with Crippen LogP contribution in [0.5, 0.6) is 0 Å². The topological polar surface area (TPSA) is 52.0 Å². The Hall–Kier alpha value is -2.68. The van der Waals surface area contributed by atoms with Crippen molar-refractivity contribution in [2.24, 2.45) is 0 Å². The third kappa shape index (κ3) is 3.08. The molecule has 4 nitrogen and oxygen atoms in total. The molecule has 0 saturated heterocycles. The van der Waals surface area contributed by atoms with Crippen LogP contribution in [0.1, 0.15) is 12.5 Å². The predicted octanol–water partition coefficient (Wildman–Crippen LogP) is 3.43. The molecule has 0 fully saturated rings. The maximum atomic E-state index is 14.0. The molecule has 0 radical (unpaired) electrons. The van der Waals surface area contributed by atoms with E-state index in [4.69, 9.17) is 5.26 Å². The molecule has 1 aromatic carbocycles. The van der Waals surface area contributed by atoms with Gasteiger partial charge in [-0.2, -0.15) is 5.26 Å². The number of hydrogen-bond acceptors (Lipinski definition) is 4. The number of benzene rings is 1. The number of nitrogens with one attached hydrogen (secondary N) is 1. The van der Waals surface area contributed by atoms with E-state index < -0.39 is 11.6 Å².